The summed E-state index contributed by atoms with van der Waals surface area (Å²) in [6.07, 6.45) is 3.78. The maximum atomic E-state index is 5.65. The van der Waals surface area contributed by atoms with E-state index in [1.54, 1.807) is 0 Å². The molecule has 0 saturated heterocycles. The number of anilines is 1. The van der Waals surface area contributed by atoms with Gasteiger partial charge in [-0.15, -0.1) is 0 Å². The number of nitrogens with zero attached hydrogens (tertiary/aromatic N) is 1. The van der Waals surface area contributed by atoms with Crippen LogP contribution in [0.2, 0.25) is 0 Å². The molecule has 1 aromatic heterocycles. The summed E-state index contributed by atoms with van der Waals surface area (Å²) in [5.41, 5.74) is 7.22. The van der Waals surface area contributed by atoms with Gasteiger partial charge in [0.2, 0.25) is 0 Å². The molecule has 4 rings (SSSR count). The Kier molecular flexibility index (Phi) is 5.01. The number of benzene rings is 2. The molecule has 3 heteroatoms. The average molecular weight is 375 g/mol. The zero-order chi connectivity index (χ0) is 19.7. The number of aryl methyl sites for hydroxylation is 1. The molecule has 3 nitrogen and oxygen atoms in total. The van der Waals surface area contributed by atoms with Crippen LogP contribution in [-0.2, 0) is 0 Å². The Morgan fingerprint density at radius 2 is 1.50 bits per heavy atom. The van der Waals surface area contributed by atoms with Gasteiger partial charge in [0.1, 0.15) is 11.4 Å². The molecule has 1 heterocycles. The van der Waals surface area contributed by atoms with Gasteiger partial charge in [-0.2, -0.15) is 0 Å². The lowest BCUT2D eigenvalue weighted by Crippen LogP contribution is -2.13. The third-order valence-electron chi connectivity index (χ3n) is 5.48. The van der Waals surface area contributed by atoms with Crippen LogP contribution in [0.1, 0.15) is 57.2 Å². The summed E-state index contributed by atoms with van der Waals surface area (Å²) in [4.78, 5) is 0. The minimum atomic E-state index is 0.301. The van der Waals surface area contributed by atoms with Gasteiger partial charge in [-0.05, 0) is 54.2 Å². The Morgan fingerprint density at radius 1 is 0.929 bits per heavy atom. The van der Waals surface area contributed by atoms with Crippen molar-refractivity contribution in [3.8, 4) is 22.5 Å². The van der Waals surface area contributed by atoms with Crippen LogP contribution in [-0.4, -0.2) is 11.7 Å². The summed E-state index contributed by atoms with van der Waals surface area (Å²) < 4.78 is 5.65. The van der Waals surface area contributed by atoms with Crippen molar-refractivity contribution in [2.75, 3.05) is 11.9 Å². The van der Waals surface area contributed by atoms with Gasteiger partial charge in [0.05, 0.1) is 0 Å². The zero-order valence-corrected chi connectivity index (χ0v) is 17.4. The van der Waals surface area contributed by atoms with Crippen molar-refractivity contribution in [3.05, 3.63) is 59.8 Å². The number of nitrogens with one attached hydrogen (secondary N) is 1. The first-order valence-corrected chi connectivity index (χ1v) is 10.3. The number of rotatable bonds is 6. The summed E-state index contributed by atoms with van der Waals surface area (Å²) in [7, 11) is 0. The average Bonchev–Trinajstić information content (AvgIpc) is 3.46. The van der Waals surface area contributed by atoms with Gasteiger partial charge >= 0.3 is 0 Å². The van der Waals surface area contributed by atoms with E-state index in [1.165, 1.54) is 29.5 Å². The SMILES string of the molecule is Cc1noc(-c2ccc(-c3ccc(C4CC4)cc3)cc2)c1NCCC(C)(C)C. The van der Waals surface area contributed by atoms with E-state index in [9.17, 15) is 0 Å². The molecule has 3 aromatic rings. The van der Waals surface area contributed by atoms with Gasteiger partial charge in [-0.3, -0.25) is 0 Å². The number of hydrogen-bond donors (Lipinski definition) is 1. The van der Waals surface area contributed by atoms with Crippen molar-refractivity contribution >= 4 is 5.69 Å². The molecule has 1 fully saturated rings. The normalized spacial score (nSPS) is 14.3. The van der Waals surface area contributed by atoms with Gasteiger partial charge in [0.15, 0.2) is 5.76 Å². The second-order valence-electron chi connectivity index (χ2n) is 9.18. The molecule has 0 amide bonds. The molecule has 0 spiro atoms. The lowest BCUT2D eigenvalue weighted by atomic mass is 9.92. The molecule has 146 valence electrons. The second kappa shape index (κ2) is 7.46. The van der Waals surface area contributed by atoms with Crippen molar-refractivity contribution in [1.29, 1.82) is 0 Å². The summed E-state index contributed by atoms with van der Waals surface area (Å²) >= 11 is 0. The third kappa shape index (κ3) is 4.30. The van der Waals surface area contributed by atoms with Crippen LogP contribution >= 0.6 is 0 Å². The Bertz CT molecular complexity index is 926. The summed E-state index contributed by atoms with van der Waals surface area (Å²) in [6.45, 7) is 9.66. The fraction of sp³-hybridized carbons (Fsp3) is 0.400. The van der Waals surface area contributed by atoms with Gasteiger partial charge in [0.25, 0.3) is 0 Å². The lowest BCUT2D eigenvalue weighted by Gasteiger charge is -2.18. The molecule has 0 aliphatic heterocycles. The Morgan fingerprint density at radius 3 is 2.07 bits per heavy atom. The summed E-state index contributed by atoms with van der Waals surface area (Å²) in [5.74, 6) is 1.62. The first-order valence-electron chi connectivity index (χ1n) is 10.3. The largest absolute Gasteiger partial charge is 0.380 e. The molecular formula is C25H30N2O. The molecule has 0 atom stereocenters. The van der Waals surface area contributed by atoms with Crippen LogP contribution in [0.15, 0.2) is 53.1 Å². The molecule has 2 aromatic carbocycles. The Hall–Kier alpha value is -2.55. The molecule has 1 aliphatic rings. The van der Waals surface area contributed by atoms with E-state index in [-0.39, 0.29) is 0 Å². The van der Waals surface area contributed by atoms with E-state index >= 15 is 0 Å². The van der Waals surface area contributed by atoms with E-state index < -0.39 is 0 Å². The van der Waals surface area contributed by atoms with Crippen LogP contribution in [0.5, 0.6) is 0 Å². The van der Waals surface area contributed by atoms with E-state index in [1.807, 2.05) is 6.92 Å². The first-order chi connectivity index (χ1) is 13.4. The van der Waals surface area contributed by atoms with E-state index in [2.05, 4.69) is 79.8 Å². The van der Waals surface area contributed by atoms with E-state index in [0.717, 1.165) is 41.6 Å². The standard InChI is InChI=1S/C25H30N2O/c1-17-23(26-16-15-25(2,3)4)24(28-27-17)22-13-11-21(12-14-22)20-9-7-19(8-10-20)18-5-6-18/h7-14,18,26H,5-6,15-16H2,1-4H3. The Labute approximate surface area is 168 Å². The summed E-state index contributed by atoms with van der Waals surface area (Å²) in [5, 5.41) is 7.71. The molecule has 0 radical (unpaired) electrons. The monoisotopic (exact) mass is 374 g/mol. The van der Waals surface area contributed by atoms with Gasteiger partial charge in [-0.1, -0.05) is 74.5 Å². The highest BCUT2D eigenvalue weighted by Gasteiger charge is 2.23. The minimum absolute atomic E-state index is 0.301. The summed E-state index contributed by atoms with van der Waals surface area (Å²) in [6, 6.07) is 17.6. The molecule has 1 aliphatic carbocycles. The third-order valence-corrected chi connectivity index (χ3v) is 5.48. The van der Waals surface area contributed by atoms with Crippen LogP contribution in [0.25, 0.3) is 22.5 Å². The fourth-order valence-electron chi connectivity index (χ4n) is 3.52. The first kappa shape index (κ1) is 18.8. The lowest BCUT2D eigenvalue weighted by molar-refractivity contribution is 0.389. The molecule has 0 bridgehead atoms. The highest BCUT2D eigenvalue weighted by Crippen LogP contribution is 2.40. The van der Waals surface area contributed by atoms with E-state index in [0.29, 0.717) is 5.41 Å². The van der Waals surface area contributed by atoms with Crippen molar-refractivity contribution in [2.45, 2.75) is 52.9 Å². The molecular weight excluding hydrogens is 344 g/mol. The highest BCUT2D eigenvalue weighted by molar-refractivity contribution is 5.76. The quantitative estimate of drug-likeness (QED) is 0.503. The van der Waals surface area contributed by atoms with Crippen molar-refractivity contribution in [2.24, 2.45) is 5.41 Å². The second-order valence-corrected chi connectivity index (χ2v) is 9.18. The zero-order valence-electron chi connectivity index (χ0n) is 17.4. The molecule has 28 heavy (non-hydrogen) atoms. The van der Waals surface area contributed by atoms with Crippen LogP contribution < -0.4 is 5.32 Å². The minimum Gasteiger partial charge on any atom is -0.380 e. The van der Waals surface area contributed by atoms with Gasteiger partial charge < -0.3 is 9.84 Å². The smallest absolute Gasteiger partial charge is 0.190 e. The molecule has 1 N–H and O–H groups in total. The number of aromatic nitrogens is 1. The van der Waals surface area contributed by atoms with Crippen LogP contribution in [0, 0.1) is 12.3 Å². The topological polar surface area (TPSA) is 38.1 Å². The number of hydrogen-bond acceptors (Lipinski definition) is 3. The van der Waals surface area contributed by atoms with E-state index in [4.69, 9.17) is 4.52 Å². The molecule has 1 saturated carbocycles. The Balaban J connectivity index is 1.50. The fourth-order valence-corrected chi connectivity index (χ4v) is 3.52. The van der Waals surface area contributed by atoms with Gasteiger partial charge in [0, 0.05) is 12.1 Å². The molecule has 0 unspecified atom stereocenters. The van der Waals surface area contributed by atoms with Crippen molar-refractivity contribution in [1.82, 2.24) is 5.16 Å². The highest BCUT2D eigenvalue weighted by atomic mass is 16.5. The van der Waals surface area contributed by atoms with Crippen LogP contribution in [0.4, 0.5) is 5.69 Å². The maximum absolute atomic E-state index is 5.65. The predicted molar refractivity (Wildman–Crippen MR) is 117 cm³/mol. The van der Waals surface area contributed by atoms with Gasteiger partial charge in [-0.25, -0.2) is 0 Å². The van der Waals surface area contributed by atoms with Crippen LogP contribution in [0.3, 0.4) is 0 Å². The maximum Gasteiger partial charge on any atom is 0.190 e. The predicted octanol–water partition coefficient (Wildman–Crippen LogP) is 7.04. The van der Waals surface area contributed by atoms with Crippen molar-refractivity contribution < 1.29 is 4.52 Å². The van der Waals surface area contributed by atoms with Crippen molar-refractivity contribution in [3.63, 3.8) is 0 Å².